The number of hydrogen-bond acceptors (Lipinski definition) is 3. The van der Waals surface area contributed by atoms with Gasteiger partial charge in [-0.15, -0.1) is 0 Å². The zero-order valence-corrected chi connectivity index (χ0v) is 12.8. The molecule has 0 saturated heterocycles. The first kappa shape index (κ1) is 14.9. The molecule has 17 heavy (non-hydrogen) atoms. The molecular weight excluding hydrogens is 228 g/mol. The summed E-state index contributed by atoms with van der Waals surface area (Å²) in [5.41, 5.74) is 0. The summed E-state index contributed by atoms with van der Waals surface area (Å²) in [4.78, 5) is 4.84. The van der Waals surface area contributed by atoms with Crippen LogP contribution in [0.2, 0.25) is 0 Å². The molecule has 0 aromatic rings. The molecule has 100 valence electrons. The van der Waals surface area contributed by atoms with Gasteiger partial charge in [0.05, 0.1) is 6.04 Å². The minimum atomic E-state index is 0.521. The van der Waals surface area contributed by atoms with Crippen molar-refractivity contribution in [1.82, 2.24) is 5.32 Å². The van der Waals surface area contributed by atoms with E-state index >= 15 is 0 Å². The Bertz CT molecular complexity index is 247. The molecule has 1 heterocycles. The maximum Gasteiger partial charge on any atom is 0.157 e. The van der Waals surface area contributed by atoms with Crippen molar-refractivity contribution >= 4 is 16.9 Å². The molecule has 0 bridgehead atoms. The van der Waals surface area contributed by atoms with Gasteiger partial charge < -0.3 is 5.32 Å². The lowest BCUT2D eigenvalue weighted by molar-refractivity contribution is 0.390. The molecule has 0 aromatic heterocycles. The molecule has 0 amide bonds. The Morgan fingerprint density at radius 2 is 1.94 bits per heavy atom. The number of nitrogens with one attached hydrogen (secondary N) is 1. The molecule has 0 radical (unpaired) electrons. The molecule has 0 aromatic carbocycles. The number of thioether (sulfide) groups is 1. The van der Waals surface area contributed by atoms with Crippen LogP contribution in [0.5, 0.6) is 0 Å². The second-order valence-electron chi connectivity index (χ2n) is 5.39. The number of rotatable bonds is 5. The second kappa shape index (κ2) is 7.30. The first-order valence-corrected chi connectivity index (χ1v) is 8.04. The molecule has 1 aliphatic heterocycles. The quantitative estimate of drug-likeness (QED) is 0.806. The van der Waals surface area contributed by atoms with E-state index in [4.69, 9.17) is 4.99 Å². The molecule has 2 atom stereocenters. The number of hydrogen-bond donors (Lipinski definition) is 1. The fraction of sp³-hybridized carbons (Fsp3) is 0.929. The summed E-state index contributed by atoms with van der Waals surface area (Å²) < 4.78 is 0. The van der Waals surface area contributed by atoms with E-state index in [-0.39, 0.29) is 0 Å². The Morgan fingerprint density at radius 3 is 2.47 bits per heavy atom. The Labute approximate surface area is 111 Å². The third-order valence-corrected chi connectivity index (χ3v) is 4.75. The highest BCUT2D eigenvalue weighted by molar-refractivity contribution is 8.13. The van der Waals surface area contributed by atoms with Crippen LogP contribution in [0.3, 0.4) is 0 Å². The van der Waals surface area contributed by atoms with Crippen LogP contribution in [0, 0.1) is 11.8 Å². The summed E-state index contributed by atoms with van der Waals surface area (Å²) in [6.45, 7) is 11.4. The zero-order chi connectivity index (χ0) is 12.8. The van der Waals surface area contributed by atoms with Gasteiger partial charge in [-0.05, 0) is 25.2 Å². The van der Waals surface area contributed by atoms with E-state index in [1.807, 2.05) is 11.8 Å². The Kier molecular flexibility index (Phi) is 6.39. The molecule has 2 unspecified atom stereocenters. The zero-order valence-electron chi connectivity index (χ0n) is 12.0. The lowest BCUT2D eigenvalue weighted by atomic mass is 9.96. The van der Waals surface area contributed by atoms with Gasteiger partial charge in [-0.25, -0.2) is 0 Å². The fourth-order valence-electron chi connectivity index (χ4n) is 2.40. The third kappa shape index (κ3) is 4.53. The van der Waals surface area contributed by atoms with Crippen LogP contribution in [0.4, 0.5) is 0 Å². The predicted molar refractivity (Wildman–Crippen MR) is 79.8 cm³/mol. The van der Waals surface area contributed by atoms with Crippen molar-refractivity contribution in [2.24, 2.45) is 16.8 Å². The van der Waals surface area contributed by atoms with E-state index in [1.54, 1.807) is 0 Å². The van der Waals surface area contributed by atoms with Crippen LogP contribution in [-0.4, -0.2) is 23.0 Å². The van der Waals surface area contributed by atoms with Gasteiger partial charge in [-0.1, -0.05) is 52.3 Å². The summed E-state index contributed by atoms with van der Waals surface area (Å²) in [6.07, 6.45) is 3.72. The van der Waals surface area contributed by atoms with Crippen molar-refractivity contribution in [1.29, 1.82) is 0 Å². The molecule has 0 saturated carbocycles. The molecule has 0 spiro atoms. The lowest BCUT2D eigenvalue weighted by Crippen LogP contribution is -2.38. The van der Waals surface area contributed by atoms with Crippen LogP contribution in [-0.2, 0) is 0 Å². The summed E-state index contributed by atoms with van der Waals surface area (Å²) in [6, 6.07) is 1.06. The van der Waals surface area contributed by atoms with Crippen molar-refractivity contribution in [2.45, 2.75) is 66.0 Å². The maximum atomic E-state index is 4.84. The van der Waals surface area contributed by atoms with Crippen LogP contribution in [0.25, 0.3) is 0 Å². The monoisotopic (exact) mass is 256 g/mol. The van der Waals surface area contributed by atoms with Crippen LogP contribution < -0.4 is 5.32 Å². The van der Waals surface area contributed by atoms with Gasteiger partial charge in [0.25, 0.3) is 0 Å². The molecule has 1 aliphatic rings. The summed E-state index contributed by atoms with van der Waals surface area (Å²) in [5.74, 6) is 2.64. The maximum absolute atomic E-state index is 4.84. The lowest BCUT2D eigenvalue weighted by Gasteiger charge is -2.28. The predicted octanol–water partition coefficient (Wildman–Crippen LogP) is 3.92. The van der Waals surface area contributed by atoms with Crippen molar-refractivity contribution in [3.63, 3.8) is 0 Å². The first-order chi connectivity index (χ1) is 8.08. The average Bonchev–Trinajstić information content (AvgIpc) is 2.30. The topological polar surface area (TPSA) is 24.4 Å². The van der Waals surface area contributed by atoms with E-state index in [0.717, 1.165) is 5.92 Å². The number of aliphatic imine (C=N–C) groups is 1. The van der Waals surface area contributed by atoms with Crippen LogP contribution >= 0.6 is 11.8 Å². The highest BCUT2D eigenvalue weighted by atomic mass is 32.2. The molecule has 0 aliphatic carbocycles. The summed E-state index contributed by atoms with van der Waals surface area (Å²) >= 11 is 1.89. The van der Waals surface area contributed by atoms with E-state index in [1.165, 1.54) is 30.2 Å². The van der Waals surface area contributed by atoms with Crippen molar-refractivity contribution in [3.05, 3.63) is 0 Å². The van der Waals surface area contributed by atoms with Gasteiger partial charge in [0, 0.05) is 11.8 Å². The van der Waals surface area contributed by atoms with Gasteiger partial charge in [0.15, 0.2) is 5.17 Å². The highest BCUT2D eigenvalue weighted by Gasteiger charge is 2.21. The minimum Gasteiger partial charge on any atom is -0.362 e. The van der Waals surface area contributed by atoms with E-state index < -0.39 is 0 Å². The summed E-state index contributed by atoms with van der Waals surface area (Å²) in [7, 11) is 0. The van der Waals surface area contributed by atoms with Gasteiger partial charge in [-0.3, -0.25) is 4.99 Å². The average molecular weight is 256 g/mol. The molecular formula is C14H28N2S. The standard InChI is InChI=1S/C14H28N2S/c1-6-12(7-2)11(5)15-14-16-13(10(3)4)8-9-17-14/h10-13H,6-9H2,1-5H3,(H,15,16). The van der Waals surface area contributed by atoms with Crippen LogP contribution in [0.1, 0.15) is 53.9 Å². The van der Waals surface area contributed by atoms with E-state index in [2.05, 4.69) is 39.9 Å². The second-order valence-corrected chi connectivity index (χ2v) is 6.48. The Morgan fingerprint density at radius 1 is 1.29 bits per heavy atom. The molecule has 1 rings (SSSR count). The van der Waals surface area contributed by atoms with Gasteiger partial charge >= 0.3 is 0 Å². The highest BCUT2D eigenvalue weighted by Crippen LogP contribution is 2.23. The van der Waals surface area contributed by atoms with E-state index in [0.29, 0.717) is 18.0 Å². The largest absolute Gasteiger partial charge is 0.362 e. The van der Waals surface area contributed by atoms with Crippen molar-refractivity contribution < 1.29 is 0 Å². The minimum absolute atomic E-state index is 0.521. The van der Waals surface area contributed by atoms with Crippen molar-refractivity contribution in [2.75, 3.05) is 5.75 Å². The fourth-order valence-corrected chi connectivity index (χ4v) is 3.43. The first-order valence-electron chi connectivity index (χ1n) is 7.05. The molecule has 2 nitrogen and oxygen atoms in total. The molecule has 3 heteroatoms. The number of amidine groups is 1. The van der Waals surface area contributed by atoms with Crippen LogP contribution in [0.15, 0.2) is 4.99 Å². The molecule has 0 fully saturated rings. The van der Waals surface area contributed by atoms with Gasteiger partial charge in [-0.2, -0.15) is 0 Å². The van der Waals surface area contributed by atoms with Crippen molar-refractivity contribution in [3.8, 4) is 0 Å². The molecule has 1 N–H and O–H groups in total. The van der Waals surface area contributed by atoms with Gasteiger partial charge in [0.1, 0.15) is 0 Å². The smallest absolute Gasteiger partial charge is 0.157 e. The Balaban J connectivity index is 2.55. The SMILES string of the molecule is CCC(CC)C(C)NC1=NC(C(C)C)CCS1. The normalized spacial score (nSPS) is 22.8. The third-order valence-electron chi connectivity index (χ3n) is 3.81. The van der Waals surface area contributed by atoms with E-state index in [9.17, 15) is 0 Å². The Hall–Kier alpha value is -0.180. The van der Waals surface area contributed by atoms with Gasteiger partial charge in [0.2, 0.25) is 0 Å². The summed E-state index contributed by atoms with van der Waals surface area (Å²) in [5, 5.41) is 4.79. The number of nitrogens with zero attached hydrogens (tertiary/aromatic N) is 1.